The summed E-state index contributed by atoms with van der Waals surface area (Å²) in [6, 6.07) is 26.0. The van der Waals surface area contributed by atoms with E-state index in [1.54, 1.807) is 9.80 Å². The molecule has 3 atom stereocenters. The van der Waals surface area contributed by atoms with Gasteiger partial charge in [-0.3, -0.25) is 10.2 Å². The monoisotopic (exact) mass is 427 g/mol. The number of fused-ring (bicyclic) bond motifs is 2. The second kappa shape index (κ2) is 6.58. The van der Waals surface area contributed by atoms with Gasteiger partial charge in [0.15, 0.2) is 0 Å². The predicted octanol–water partition coefficient (Wildman–Crippen LogP) is 4.51. The summed E-state index contributed by atoms with van der Waals surface area (Å²) >= 11 is 0. The first-order chi connectivity index (χ1) is 15.6. The second-order valence-electron chi connectivity index (χ2n) is 7.97. The van der Waals surface area contributed by atoms with Crippen LogP contribution in [0.2, 0.25) is 0 Å². The highest BCUT2D eigenvalue weighted by Gasteiger charge is 2.81. The molecule has 3 aliphatic rings. The molecule has 3 unspecified atom stereocenters. The molecule has 1 N–H and O–H groups in total. The van der Waals surface area contributed by atoms with Gasteiger partial charge in [-0.15, -0.1) is 0 Å². The van der Waals surface area contributed by atoms with Gasteiger partial charge in [0.2, 0.25) is 5.66 Å². The Bertz CT molecular complexity index is 1220. The first-order valence-corrected chi connectivity index (χ1v) is 10.6. The van der Waals surface area contributed by atoms with E-state index < -0.39 is 23.6 Å². The zero-order valence-corrected chi connectivity index (χ0v) is 17.4. The third-order valence-electron chi connectivity index (χ3n) is 6.45. The first-order valence-electron chi connectivity index (χ1n) is 10.6. The Morgan fingerprint density at radius 3 is 2.28 bits per heavy atom. The van der Waals surface area contributed by atoms with Gasteiger partial charge >= 0.3 is 12.1 Å². The van der Waals surface area contributed by atoms with E-state index in [4.69, 9.17) is 9.47 Å². The van der Waals surface area contributed by atoms with Crippen molar-refractivity contribution in [2.45, 2.75) is 24.4 Å². The van der Waals surface area contributed by atoms with Crippen molar-refractivity contribution < 1.29 is 19.1 Å². The number of hydrogen-bond acceptors (Lipinski definition) is 4. The number of urea groups is 1. The number of nitrogens with one attached hydrogen (secondary N) is 1. The number of carbonyl (C=O) groups excluding carboxylic acids is 2. The minimum absolute atomic E-state index is 0.297. The highest BCUT2D eigenvalue weighted by molar-refractivity contribution is 6.13. The Kier molecular flexibility index (Phi) is 3.88. The van der Waals surface area contributed by atoms with Crippen molar-refractivity contribution in [3.8, 4) is 0 Å². The van der Waals surface area contributed by atoms with E-state index in [1.165, 1.54) is 0 Å². The molecule has 7 heteroatoms. The fourth-order valence-corrected chi connectivity index (χ4v) is 5.40. The Hall–Kier alpha value is -3.84. The minimum Gasteiger partial charge on any atom is -0.413 e. The molecular formula is C25H21N3O4. The van der Waals surface area contributed by atoms with Gasteiger partial charge in [-0.25, -0.2) is 14.5 Å². The molecule has 0 saturated carbocycles. The topological polar surface area (TPSA) is 71.1 Å². The van der Waals surface area contributed by atoms with Crippen molar-refractivity contribution in [3.63, 3.8) is 0 Å². The molecule has 3 heterocycles. The molecule has 2 fully saturated rings. The van der Waals surface area contributed by atoms with Gasteiger partial charge in [0.1, 0.15) is 6.10 Å². The van der Waals surface area contributed by atoms with Crippen LogP contribution in [0.1, 0.15) is 24.2 Å². The van der Waals surface area contributed by atoms with Crippen molar-refractivity contribution in [2.75, 3.05) is 16.4 Å². The molecule has 32 heavy (non-hydrogen) atoms. The molecule has 0 radical (unpaired) electrons. The normalized spacial score (nSPS) is 27.6. The molecule has 160 valence electrons. The fourth-order valence-electron chi connectivity index (χ4n) is 5.40. The molecule has 3 amide bonds. The standard InChI is InChI=1S/C25H21N3O4/c1-2-31-21-19-15-9-10-16-20(19)28-23(30)27(18-13-7-4-8-14-18)25(17-11-5-3-6-12-17)24(21,28)26-22(29)32-25/h3-16,21H,2H2,1H3,(H,26,29). The van der Waals surface area contributed by atoms with Crippen molar-refractivity contribution in [1.82, 2.24) is 5.32 Å². The van der Waals surface area contributed by atoms with Crippen LogP contribution in [0.25, 0.3) is 0 Å². The van der Waals surface area contributed by atoms with Gasteiger partial charge in [0, 0.05) is 23.4 Å². The van der Waals surface area contributed by atoms with Crippen molar-refractivity contribution in [1.29, 1.82) is 0 Å². The maximum Gasteiger partial charge on any atom is 0.411 e. The Balaban J connectivity index is 1.72. The fraction of sp³-hybridized carbons (Fsp3) is 0.200. The second-order valence-corrected chi connectivity index (χ2v) is 7.97. The summed E-state index contributed by atoms with van der Waals surface area (Å²) in [5, 5.41) is 3.02. The number of ether oxygens (including phenoxy) is 2. The average molecular weight is 427 g/mol. The molecular weight excluding hydrogens is 406 g/mol. The lowest BCUT2D eigenvalue weighted by Crippen LogP contribution is -2.64. The number of rotatable bonds is 4. The average Bonchev–Trinajstić information content (AvgIpc) is 3.35. The van der Waals surface area contributed by atoms with Crippen LogP contribution in [0, 0.1) is 0 Å². The van der Waals surface area contributed by atoms with Gasteiger partial charge in [0.25, 0.3) is 5.72 Å². The third-order valence-corrected chi connectivity index (χ3v) is 6.45. The maximum atomic E-state index is 14.2. The zero-order valence-electron chi connectivity index (χ0n) is 17.4. The summed E-state index contributed by atoms with van der Waals surface area (Å²) in [5.41, 5.74) is 0.0256. The van der Waals surface area contributed by atoms with Crippen LogP contribution in [-0.2, 0) is 15.2 Å². The van der Waals surface area contributed by atoms with Crippen LogP contribution >= 0.6 is 0 Å². The summed E-state index contributed by atoms with van der Waals surface area (Å²) in [5.74, 6) is 0. The number of amides is 3. The van der Waals surface area contributed by atoms with E-state index in [0.29, 0.717) is 23.5 Å². The molecule has 0 aromatic heterocycles. The van der Waals surface area contributed by atoms with E-state index in [-0.39, 0.29) is 6.03 Å². The van der Waals surface area contributed by atoms with E-state index in [1.807, 2.05) is 91.9 Å². The highest BCUT2D eigenvalue weighted by atomic mass is 16.6. The molecule has 3 aromatic carbocycles. The van der Waals surface area contributed by atoms with Gasteiger partial charge in [-0.2, -0.15) is 0 Å². The van der Waals surface area contributed by atoms with Crippen LogP contribution in [0.3, 0.4) is 0 Å². The summed E-state index contributed by atoms with van der Waals surface area (Å²) in [7, 11) is 0. The van der Waals surface area contributed by atoms with E-state index in [9.17, 15) is 9.59 Å². The number of anilines is 2. The lowest BCUT2D eigenvalue weighted by Gasteiger charge is -2.42. The molecule has 2 saturated heterocycles. The van der Waals surface area contributed by atoms with Gasteiger partial charge in [0.05, 0.1) is 5.69 Å². The largest absolute Gasteiger partial charge is 0.413 e. The minimum atomic E-state index is -1.48. The number of nitrogens with zero attached hydrogens (tertiary/aromatic N) is 2. The Morgan fingerprint density at radius 1 is 0.906 bits per heavy atom. The number of carbonyl (C=O) groups is 2. The van der Waals surface area contributed by atoms with Crippen molar-refractivity contribution in [2.24, 2.45) is 0 Å². The molecule has 0 aliphatic carbocycles. The molecule has 7 nitrogen and oxygen atoms in total. The SMILES string of the molecule is CCOC1c2ccccc2N2C(=O)N(c3ccccc3)C3(c4ccccc4)OC(=O)NC123. The van der Waals surface area contributed by atoms with Crippen LogP contribution in [0.15, 0.2) is 84.9 Å². The van der Waals surface area contributed by atoms with E-state index in [2.05, 4.69) is 5.32 Å². The number of alkyl carbamates (subject to hydrolysis) is 1. The molecule has 0 bridgehead atoms. The Labute approximate surface area is 185 Å². The quantitative estimate of drug-likeness (QED) is 0.665. The first kappa shape index (κ1) is 18.9. The lowest BCUT2D eigenvalue weighted by molar-refractivity contribution is -0.0647. The number of benzene rings is 3. The summed E-state index contributed by atoms with van der Waals surface area (Å²) < 4.78 is 12.4. The number of para-hydroxylation sites is 2. The molecule has 6 rings (SSSR count). The van der Waals surface area contributed by atoms with Crippen LogP contribution in [-0.4, -0.2) is 24.4 Å². The van der Waals surface area contributed by atoms with Crippen LogP contribution < -0.4 is 15.1 Å². The molecule has 1 spiro atoms. The van der Waals surface area contributed by atoms with Crippen LogP contribution in [0.5, 0.6) is 0 Å². The van der Waals surface area contributed by atoms with Gasteiger partial charge < -0.3 is 9.47 Å². The smallest absolute Gasteiger partial charge is 0.411 e. The van der Waals surface area contributed by atoms with Gasteiger partial charge in [-0.1, -0.05) is 66.7 Å². The van der Waals surface area contributed by atoms with Crippen molar-refractivity contribution in [3.05, 3.63) is 96.1 Å². The highest BCUT2D eigenvalue weighted by Crippen LogP contribution is 2.64. The van der Waals surface area contributed by atoms with Crippen molar-refractivity contribution >= 4 is 23.5 Å². The maximum absolute atomic E-state index is 14.2. The predicted molar refractivity (Wildman–Crippen MR) is 118 cm³/mol. The summed E-state index contributed by atoms with van der Waals surface area (Å²) in [4.78, 5) is 30.4. The van der Waals surface area contributed by atoms with Gasteiger partial charge in [-0.05, 0) is 25.1 Å². The molecule has 3 aromatic rings. The lowest BCUT2D eigenvalue weighted by atomic mass is 9.84. The third kappa shape index (κ3) is 2.08. The zero-order chi connectivity index (χ0) is 21.9. The summed E-state index contributed by atoms with van der Waals surface area (Å²) in [6.45, 7) is 2.30. The summed E-state index contributed by atoms with van der Waals surface area (Å²) in [6.07, 6.45) is -1.24. The number of hydrogen-bond donors (Lipinski definition) is 1. The van der Waals surface area contributed by atoms with E-state index in [0.717, 1.165) is 5.56 Å². The molecule has 3 aliphatic heterocycles. The Morgan fingerprint density at radius 2 is 1.56 bits per heavy atom. The van der Waals surface area contributed by atoms with Crippen LogP contribution in [0.4, 0.5) is 21.0 Å². The van der Waals surface area contributed by atoms with E-state index >= 15 is 0 Å².